The Morgan fingerprint density at radius 3 is 2.10 bits per heavy atom. The average molecular weight is 589 g/mol. The van der Waals surface area contributed by atoms with Crippen LogP contribution in [0, 0.1) is 5.82 Å². The number of nitrogens with zero attached hydrogens (tertiary/aromatic N) is 1. The minimum Gasteiger partial charge on any atom is -0.489 e. The van der Waals surface area contributed by atoms with E-state index >= 15 is 0 Å². The van der Waals surface area contributed by atoms with E-state index in [0.29, 0.717) is 25.0 Å². The molecule has 5 N–H and O–H groups in total. The van der Waals surface area contributed by atoms with Crippen LogP contribution in [0.25, 0.3) is 0 Å². The molecular weight excluding hydrogens is 551 g/mol. The number of hydrogen-bond acceptors (Lipinski definition) is 7. The number of rotatable bonds is 12. The molecule has 0 spiro atoms. The van der Waals surface area contributed by atoms with Gasteiger partial charge in [0.05, 0.1) is 18.4 Å². The van der Waals surface area contributed by atoms with E-state index in [4.69, 9.17) is 25.2 Å². The van der Waals surface area contributed by atoms with Crippen LogP contribution in [0.5, 0.6) is 5.75 Å². The van der Waals surface area contributed by atoms with Gasteiger partial charge in [0.1, 0.15) is 18.2 Å². The number of likely N-dealkylation sites (tertiary alicyclic amines) is 1. The van der Waals surface area contributed by atoms with Crippen molar-refractivity contribution >= 4 is 23.8 Å². The molecule has 1 saturated heterocycles. The Hall–Kier alpha value is -4.29. The van der Waals surface area contributed by atoms with Crippen molar-refractivity contribution in [2.24, 2.45) is 0 Å². The second-order valence-corrected chi connectivity index (χ2v) is 10.4. The first-order chi connectivity index (χ1) is 19.7. The van der Waals surface area contributed by atoms with Crippen LogP contribution in [0.15, 0.2) is 60.7 Å². The maximum Gasteiger partial charge on any atom is 0.336 e. The Labute approximate surface area is 243 Å². The zero-order valence-electron chi connectivity index (χ0n) is 23.6. The number of halogens is 1. The van der Waals surface area contributed by atoms with Gasteiger partial charge in [-0.1, -0.05) is 36.9 Å². The molecular formula is C30H37FN2O9. The molecule has 3 rings (SSSR count). The van der Waals surface area contributed by atoms with Crippen molar-refractivity contribution < 1.29 is 48.7 Å². The zero-order chi connectivity index (χ0) is 31.5. The number of amides is 1. The third kappa shape index (κ3) is 10.3. The molecule has 1 aliphatic heterocycles. The molecule has 0 bridgehead atoms. The topological polar surface area (TPSA) is 174 Å². The highest BCUT2D eigenvalue weighted by atomic mass is 19.1. The lowest BCUT2D eigenvalue weighted by Crippen LogP contribution is -2.52. The van der Waals surface area contributed by atoms with Crippen molar-refractivity contribution in [2.75, 3.05) is 19.7 Å². The monoisotopic (exact) mass is 588 g/mol. The lowest BCUT2D eigenvalue weighted by Gasteiger charge is -2.42. The summed E-state index contributed by atoms with van der Waals surface area (Å²) >= 11 is 0. The van der Waals surface area contributed by atoms with E-state index in [2.05, 4.69) is 28.9 Å². The largest absolute Gasteiger partial charge is 0.489 e. The van der Waals surface area contributed by atoms with E-state index in [-0.39, 0.29) is 11.7 Å². The van der Waals surface area contributed by atoms with Gasteiger partial charge in [-0.15, -0.1) is 0 Å². The van der Waals surface area contributed by atoms with Crippen LogP contribution in [-0.4, -0.2) is 74.4 Å². The number of carbonyl (C=O) groups excluding carboxylic acids is 1. The second kappa shape index (κ2) is 15.1. The summed E-state index contributed by atoms with van der Waals surface area (Å²) in [4.78, 5) is 44.7. The Morgan fingerprint density at radius 2 is 1.60 bits per heavy atom. The Kier molecular flexibility index (Phi) is 12.2. The van der Waals surface area contributed by atoms with E-state index in [1.807, 2.05) is 25.1 Å². The van der Waals surface area contributed by atoms with Gasteiger partial charge in [0.15, 0.2) is 5.60 Å². The maximum atomic E-state index is 14.5. The molecule has 1 fully saturated rings. The number of benzene rings is 2. The van der Waals surface area contributed by atoms with Gasteiger partial charge in [-0.25, -0.2) is 9.18 Å². The van der Waals surface area contributed by atoms with Crippen LogP contribution in [0.3, 0.4) is 0 Å². The van der Waals surface area contributed by atoms with Gasteiger partial charge in [0, 0.05) is 32.1 Å². The van der Waals surface area contributed by atoms with E-state index < -0.39 is 41.9 Å². The van der Waals surface area contributed by atoms with Gasteiger partial charge in [-0.2, -0.15) is 0 Å². The molecule has 0 atom stereocenters. The molecule has 0 aliphatic carbocycles. The number of hydrogen-bond donors (Lipinski definition) is 5. The molecule has 0 saturated carbocycles. The normalized spacial score (nSPS) is 14.6. The van der Waals surface area contributed by atoms with Crippen molar-refractivity contribution in [3.8, 4) is 5.75 Å². The third-order valence-corrected chi connectivity index (χ3v) is 6.59. The molecule has 1 amide bonds. The highest BCUT2D eigenvalue weighted by molar-refractivity contribution is 5.88. The number of carboxylic acids is 3. The van der Waals surface area contributed by atoms with E-state index in [9.17, 15) is 23.6 Å². The second-order valence-electron chi connectivity index (χ2n) is 10.4. The number of carbonyl (C=O) groups is 4. The van der Waals surface area contributed by atoms with Gasteiger partial charge in [0.25, 0.3) is 0 Å². The molecule has 1 aliphatic rings. The molecule has 0 unspecified atom stereocenters. The molecule has 2 aromatic rings. The van der Waals surface area contributed by atoms with Crippen LogP contribution in [-0.2, 0) is 31.3 Å². The van der Waals surface area contributed by atoms with E-state index in [1.165, 1.54) is 18.6 Å². The SMILES string of the molecule is C=C(C)COc1cccc(CN2CCC(NC(C)=O)(c3ccccc3F)CC2)c1.O=C(O)CC(O)(CC(=O)O)C(=O)O. The minimum atomic E-state index is -2.74. The van der Waals surface area contributed by atoms with Crippen LogP contribution >= 0.6 is 0 Å². The fourth-order valence-corrected chi connectivity index (χ4v) is 4.65. The Bertz CT molecular complexity index is 1270. The summed E-state index contributed by atoms with van der Waals surface area (Å²) in [5.41, 5.74) is -0.668. The predicted molar refractivity (Wildman–Crippen MR) is 150 cm³/mol. The highest BCUT2D eigenvalue weighted by Crippen LogP contribution is 2.35. The predicted octanol–water partition coefficient (Wildman–Crippen LogP) is 3.16. The summed E-state index contributed by atoms with van der Waals surface area (Å²) < 4.78 is 20.2. The number of aliphatic carboxylic acids is 3. The van der Waals surface area contributed by atoms with E-state index in [1.54, 1.807) is 12.1 Å². The first-order valence-electron chi connectivity index (χ1n) is 13.2. The van der Waals surface area contributed by atoms with Gasteiger partial charge in [-0.05, 0) is 49.1 Å². The average Bonchev–Trinajstić information content (AvgIpc) is 2.88. The number of aliphatic hydroxyl groups is 1. The van der Waals surface area contributed by atoms with E-state index in [0.717, 1.165) is 31.0 Å². The number of piperidine rings is 1. The zero-order valence-corrected chi connectivity index (χ0v) is 23.6. The summed E-state index contributed by atoms with van der Waals surface area (Å²) in [5, 5.41) is 36.9. The molecule has 42 heavy (non-hydrogen) atoms. The van der Waals surface area contributed by atoms with Crippen LogP contribution in [0.1, 0.15) is 50.7 Å². The summed E-state index contributed by atoms with van der Waals surface area (Å²) in [7, 11) is 0. The minimum absolute atomic E-state index is 0.135. The lowest BCUT2D eigenvalue weighted by molar-refractivity contribution is -0.170. The Balaban J connectivity index is 0.000000401. The van der Waals surface area contributed by atoms with Gasteiger partial charge >= 0.3 is 17.9 Å². The van der Waals surface area contributed by atoms with Crippen molar-refractivity contribution in [2.45, 2.75) is 57.2 Å². The van der Waals surface area contributed by atoms with Crippen molar-refractivity contribution in [1.82, 2.24) is 10.2 Å². The Morgan fingerprint density at radius 1 is 1.00 bits per heavy atom. The lowest BCUT2D eigenvalue weighted by atomic mass is 9.80. The van der Waals surface area contributed by atoms with Gasteiger partial charge in [-0.3, -0.25) is 19.3 Å². The number of ether oxygens (including phenoxy) is 1. The summed E-state index contributed by atoms with van der Waals surface area (Å²) in [5.74, 6) is -4.59. The number of carboxylic acid groups (broad SMARTS) is 3. The molecule has 0 aromatic heterocycles. The molecule has 2 aromatic carbocycles. The standard InChI is InChI=1S/C24H29FN2O2.C6H8O7/c1-18(2)17-29-21-8-6-7-20(15-21)16-27-13-11-24(12-14-27,26-19(3)28)22-9-4-5-10-23(22)25;7-3(8)1-6(13,5(11)12)2-4(9)10/h4-10,15H,1,11-14,16-17H2,2-3H3,(H,26,28);13H,1-2H2,(H,7,8)(H,9,10)(H,11,12). The van der Waals surface area contributed by atoms with Crippen LogP contribution in [0.2, 0.25) is 0 Å². The molecule has 228 valence electrons. The quantitative estimate of drug-likeness (QED) is 0.232. The summed E-state index contributed by atoms with van der Waals surface area (Å²) in [6, 6.07) is 14.8. The van der Waals surface area contributed by atoms with Crippen molar-refractivity contribution in [1.29, 1.82) is 0 Å². The van der Waals surface area contributed by atoms with Gasteiger partial charge < -0.3 is 30.5 Å². The van der Waals surface area contributed by atoms with Crippen LogP contribution < -0.4 is 10.1 Å². The molecule has 1 heterocycles. The van der Waals surface area contributed by atoms with Gasteiger partial charge in [0.2, 0.25) is 5.91 Å². The molecule has 12 heteroatoms. The third-order valence-electron chi connectivity index (χ3n) is 6.59. The van der Waals surface area contributed by atoms with Crippen LogP contribution in [0.4, 0.5) is 4.39 Å². The fourth-order valence-electron chi connectivity index (χ4n) is 4.65. The highest BCUT2D eigenvalue weighted by Gasteiger charge is 2.41. The summed E-state index contributed by atoms with van der Waals surface area (Å²) in [6.07, 6.45) is -0.956. The smallest absolute Gasteiger partial charge is 0.336 e. The summed E-state index contributed by atoms with van der Waals surface area (Å²) in [6.45, 7) is 10.1. The molecule has 0 radical (unpaired) electrons. The number of nitrogens with one attached hydrogen (secondary N) is 1. The first kappa shape index (κ1) is 33.9. The maximum absolute atomic E-state index is 14.5. The fraction of sp³-hybridized carbons (Fsp3) is 0.400. The first-order valence-corrected chi connectivity index (χ1v) is 13.2. The van der Waals surface area contributed by atoms with Crippen molar-refractivity contribution in [3.05, 3.63) is 77.6 Å². The van der Waals surface area contributed by atoms with Crippen molar-refractivity contribution in [3.63, 3.8) is 0 Å². The molecule has 11 nitrogen and oxygen atoms in total.